The third-order valence-corrected chi connectivity index (χ3v) is 4.34. The van der Waals surface area contributed by atoms with Crippen molar-refractivity contribution in [2.75, 3.05) is 0 Å². The topological polar surface area (TPSA) is 49.9 Å². The van der Waals surface area contributed by atoms with Gasteiger partial charge in [-0.1, -0.05) is 30.3 Å². The van der Waals surface area contributed by atoms with E-state index in [1.807, 2.05) is 6.07 Å². The number of ketones is 2. The predicted molar refractivity (Wildman–Crippen MR) is 80.5 cm³/mol. The summed E-state index contributed by atoms with van der Waals surface area (Å²) in [6.07, 6.45) is 6.67. The first kappa shape index (κ1) is 12.3. The van der Waals surface area contributed by atoms with Gasteiger partial charge in [0.1, 0.15) is 0 Å². The van der Waals surface area contributed by atoms with Gasteiger partial charge in [0.15, 0.2) is 5.78 Å². The number of H-pyrrole nitrogens is 1. The first-order chi connectivity index (χ1) is 10.3. The maximum atomic E-state index is 12.6. The molecule has 104 valence electrons. The van der Waals surface area contributed by atoms with Gasteiger partial charge < -0.3 is 4.98 Å². The van der Waals surface area contributed by atoms with Crippen LogP contribution < -0.4 is 0 Å². The number of benzene rings is 1. The zero-order valence-corrected chi connectivity index (χ0v) is 11.6. The largest absolute Gasteiger partial charge is 0.351 e. The summed E-state index contributed by atoms with van der Waals surface area (Å²) in [5.41, 5.74) is 4.12. The van der Waals surface area contributed by atoms with Crippen LogP contribution in [-0.4, -0.2) is 16.6 Å². The van der Waals surface area contributed by atoms with Gasteiger partial charge in [-0.25, -0.2) is 0 Å². The van der Waals surface area contributed by atoms with Crippen LogP contribution in [0.5, 0.6) is 0 Å². The summed E-state index contributed by atoms with van der Waals surface area (Å²) in [7, 11) is 0. The average Bonchev–Trinajstić information content (AvgIpc) is 2.99. The minimum absolute atomic E-state index is 0.0564. The maximum Gasteiger partial charge on any atom is 0.210 e. The highest BCUT2D eigenvalue weighted by Crippen LogP contribution is 2.32. The van der Waals surface area contributed by atoms with Crippen molar-refractivity contribution >= 4 is 17.1 Å². The molecule has 0 saturated carbocycles. The number of hydrogen-bond acceptors (Lipinski definition) is 2. The molecule has 2 aliphatic carbocycles. The second-order valence-electron chi connectivity index (χ2n) is 5.65. The van der Waals surface area contributed by atoms with E-state index in [-0.39, 0.29) is 11.6 Å². The molecule has 0 amide bonds. The summed E-state index contributed by atoms with van der Waals surface area (Å²) in [6.45, 7) is 0. The Balaban J connectivity index is 1.85. The number of fused-ring (bicyclic) bond motifs is 2. The summed E-state index contributed by atoms with van der Waals surface area (Å²) in [5, 5.41) is 0. The molecule has 1 heterocycles. The molecule has 0 aliphatic heterocycles. The van der Waals surface area contributed by atoms with Crippen LogP contribution in [0.15, 0.2) is 36.4 Å². The lowest BCUT2D eigenvalue weighted by Gasteiger charge is -2.13. The molecule has 21 heavy (non-hydrogen) atoms. The van der Waals surface area contributed by atoms with E-state index in [2.05, 4.69) is 11.1 Å². The smallest absolute Gasteiger partial charge is 0.210 e. The van der Waals surface area contributed by atoms with Gasteiger partial charge in [-0.05, 0) is 37.3 Å². The zero-order chi connectivity index (χ0) is 14.4. The highest BCUT2D eigenvalue weighted by molar-refractivity contribution is 6.28. The molecule has 0 unspecified atom stereocenters. The van der Waals surface area contributed by atoms with E-state index in [9.17, 15) is 9.59 Å². The lowest BCUT2D eigenvalue weighted by atomic mass is 9.88. The van der Waals surface area contributed by atoms with Crippen LogP contribution in [0.4, 0.5) is 0 Å². The van der Waals surface area contributed by atoms with Gasteiger partial charge in [-0.2, -0.15) is 0 Å². The van der Waals surface area contributed by atoms with Crippen LogP contribution in [0.1, 0.15) is 63.4 Å². The minimum atomic E-state index is -0.0807. The average molecular weight is 277 g/mol. The Morgan fingerprint density at radius 2 is 1.67 bits per heavy atom. The van der Waals surface area contributed by atoms with E-state index < -0.39 is 0 Å². The highest BCUT2D eigenvalue weighted by Gasteiger charge is 2.31. The highest BCUT2D eigenvalue weighted by atomic mass is 16.1. The summed E-state index contributed by atoms with van der Waals surface area (Å²) >= 11 is 0. The molecule has 0 fully saturated rings. The molecule has 2 aromatic rings. The molecule has 2 aliphatic rings. The van der Waals surface area contributed by atoms with Gasteiger partial charge in [0.05, 0.1) is 11.3 Å². The summed E-state index contributed by atoms with van der Waals surface area (Å²) in [6, 6.07) is 8.89. The minimum Gasteiger partial charge on any atom is -0.351 e. The van der Waals surface area contributed by atoms with Gasteiger partial charge in [0, 0.05) is 16.8 Å². The number of hydrogen-bond donors (Lipinski definition) is 1. The molecule has 0 atom stereocenters. The molecule has 1 aromatic heterocycles. The molecule has 0 radical (unpaired) electrons. The van der Waals surface area contributed by atoms with Crippen LogP contribution in [0.25, 0.3) is 5.57 Å². The van der Waals surface area contributed by atoms with Gasteiger partial charge in [-0.15, -0.1) is 0 Å². The van der Waals surface area contributed by atoms with Crippen molar-refractivity contribution < 1.29 is 9.59 Å². The standard InChI is InChI=1S/C18H15NO2/c20-17-12-8-4-5-9-13(12)18(21)16-14(17)10-15(19-16)11-6-2-1-3-7-11/h4-6,8-10,19H,1-3,7H2. The predicted octanol–water partition coefficient (Wildman–Crippen LogP) is 3.75. The van der Waals surface area contributed by atoms with Gasteiger partial charge in [0.2, 0.25) is 5.78 Å². The normalized spacial score (nSPS) is 17.2. The number of aromatic nitrogens is 1. The molecular weight excluding hydrogens is 262 g/mol. The Labute approximate surface area is 122 Å². The Morgan fingerprint density at radius 1 is 0.905 bits per heavy atom. The van der Waals surface area contributed by atoms with Crippen molar-refractivity contribution in [3.63, 3.8) is 0 Å². The Morgan fingerprint density at radius 3 is 2.38 bits per heavy atom. The Bertz CT molecular complexity index is 743. The van der Waals surface area contributed by atoms with E-state index in [1.165, 1.54) is 12.0 Å². The van der Waals surface area contributed by atoms with E-state index in [1.54, 1.807) is 24.3 Å². The summed E-state index contributed by atoms with van der Waals surface area (Å²) in [5.74, 6) is -0.137. The molecule has 1 N–H and O–H groups in total. The molecule has 3 heteroatoms. The number of aromatic amines is 1. The van der Waals surface area contributed by atoms with Crippen LogP contribution >= 0.6 is 0 Å². The van der Waals surface area contributed by atoms with E-state index in [4.69, 9.17) is 0 Å². The van der Waals surface area contributed by atoms with Crippen molar-refractivity contribution in [1.82, 2.24) is 4.98 Å². The lowest BCUT2D eigenvalue weighted by Crippen LogP contribution is -2.19. The van der Waals surface area contributed by atoms with E-state index in [0.717, 1.165) is 25.0 Å². The van der Waals surface area contributed by atoms with Crippen molar-refractivity contribution in [1.29, 1.82) is 0 Å². The second kappa shape index (κ2) is 4.55. The SMILES string of the molecule is O=C1c2ccccc2C(=O)c2[nH]c(C3=CCCCC3)cc21. The van der Waals surface area contributed by atoms with Crippen LogP contribution in [0.2, 0.25) is 0 Å². The summed E-state index contributed by atoms with van der Waals surface area (Å²) < 4.78 is 0. The lowest BCUT2D eigenvalue weighted by molar-refractivity contribution is 0.0977. The molecular formula is C18H15NO2. The van der Waals surface area contributed by atoms with Gasteiger partial charge >= 0.3 is 0 Å². The molecule has 1 aromatic carbocycles. The molecule has 4 rings (SSSR count). The molecule has 3 nitrogen and oxygen atoms in total. The quantitative estimate of drug-likeness (QED) is 0.736. The van der Waals surface area contributed by atoms with E-state index in [0.29, 0.717) is 22.4 Å². The van der Waals surface area contributed by atoms with Crippen LogP contribution in [0.3, 0.4) is 0 Å². The van der Waals surface area contributed by atoms with Crippen molar-refractivity contribution in [3.8, 4) is 0 Å². The first-order valence-electron chi connectivity index (χ1n) is 7.36. The third-order valence-electron chi connectivity index (χ3n) is 4.34. The number of carbonyl (C=O) groups is 2. The number of rotatable bonds is 1. The van der Waals surface area contributed by atoms with Crippen molar-refractivity contribution in [3.05, 3.63) is 64.5 Å². The fraction of sp³-hybridized carbons (Fsp3) is 0.222. The maximum absolute atomic E-state index is 12.6. The number of carbonyl (C=O) groups excluding carboxylic acids is 2. The van der Waals surface area contributed by atoms with E-state index >= 15 is 0 Å². The Kier molecular flexibility index (Phi) is 2.67. The number of nitrogens with one attached hydrogen (secondary N) is 1. The molecule has 0 spiro atoms. The first-order valence-corrected chi connectivity index (χ1v) is 7.36. The number of allylic oxidation sites excluding steroid dienone is 2. The van der Waals surface area contributed by atoms with Crippen LogP contribution in [0, 0.1) is 0 Å². The monoisotopic (exact) mass is 277 g/mol. The molecule has 0 saturated heterocycles. The summed E-state index contributed by atoms with van der Waals surface area (Å²) in [4.78, 5) is 28.3. The van der Waals surface area contributed by atoms with Gasteiger partial charge in [-0.3, -0.25) is 9.59 Å². The molecule has 0 bridgehead atoms. The second-order valence-corrected chi connectivity index (χ2v) is 5.65. The zero-order valence-electron chi connectivity index (χ0n) is 11.6. The van der Waals surface area contributed by atoms with Crippen LogP contribution in [-0.2, 0) is 0 Å². The fourth-order valence-corrected chi connectivity index (χ4v) is 3.23. The third kappa shape index (κ3) is 1.81. The van der Waals surface area contributed by atoms with Crippen molar-refractivity contribution in [2.24, 2.45) is 0 Å². The van der Waals surface area contributed by atoms with Gasteiger partial charge in [0.25, 0.3) is 0 Å². The van der Waals surface area contributed by atoms with Crippen molar-refractivity contribution in [2.45, 2.75) is 25.7 Å². The fourth-order valence-electron chi connectivity index (χ4n) is 3.23. The Hall–Kier alpha value is -2.42.